The molecule has 2 fully saturated rings. The van der Waals surface area contributed by atoms with Crippen LogP contribution in [0.15, 0.2) is 4.99 Å². The van der Waals surface area contributed by atoms with E-state index in [9.17, 15) is 9.90 Å². The van der Waals surface area contributed by atoms with Crippen molar-refractivity contribution in [3.05, 3.63) is 0 Å². The smallest absolute Gasteiger partial charge is 0.451 e. The van der Waals surface area contributed by atoms with Crippen LogP contribution in [-0.4, -0.2) is 76.9 Å². The van der Waals surface area contributed by atoms with Crippen LogP contribution in [-0.2, 0) is 4.79 Å². The number of rotatable bonds is 6. The molecule has 0 spiro atoms. The summed E-state index contributed by atoms with van der Waals surface area (Å²) >= 11 is 0. The molecule has 2 atom stereocenters. The maximum Gasteiger partial charge on any atom is 0.451 e. The van der Waals surface area contributed by atoms with Gasteiger partial charge in [0, 0.05) is 32.1 Å². The van der Waals surface area contributed by atoms with Crippen molar-refractivity contribution in [2.45, 2.75) is 30.7 Å². The summed E-state index contributed by atoms with van der Waals surface area (Å²) in [5.74, 6) is -1.05. The van der Waals surface area contributed by atoms with Crippen LogP contribution in [0.5, 0.6) is 0 Å². The molecule has 0 saturated carbocycles. The number of hydrogen-bond donors (Lipinski definition) is 6. The Balaban J connectivity index is 2.01. The second-order valence-corrected chi connectivity index (χ2v) is 6.13. The molecule has 0 aromatic heterocycles. The summed E-state index contributed by atoms with van der Waals surface area (Å²) in [5, 5.41) is 30.3. The second kappa shape index (κ2) is 6.82. The van der Waals surface area contributed by atoms with Crippen molar-refractivity contribution in [1.82, 2.24) is 10.2 Å². The Kier molecular flexibility index (Phi) is 5.27. The SMILES string of the molecule is NC(=NC1CNC1)N1CC(CCCB(O)O)C(N)(C(=O)O)C1. The highest BCUT2D eigenvalue weighted by Crippen LogP contribution is 2.30. The van der Waals surface area contributed by atoms with Crippen LogP contribution >= 0.6 is 0 Å². The molecule has 0 amide bonds. The number of nitrogens with one attached hydrogen (secondary N) is 1. The lowest BCUT2D eigenvalue weighted by atomic mass is 9.78. The Labute approximate surface area is 129 Å². The third-order valence-electron chi connectivity index (χ3n) is 4.43. The lowest BCUT2D eigenvalue weighted by molar-refractivity contribution is -0.144. The van der Waals surface area contributed by atoms with E-state index >= 15 is 0 Å². The molecule has 0 aromatic carbocycles. The van der Waals surface area contributed by atoms with E-state index in [2.05, 4.69) is 10.3 Å². The second-order valence-electron chi connectivity index (χ2n) is 6.13. The fourth-order valence-electron chi connectivity index (χ4n) is 2.88. The number of carboxylic acids is 1. The lowest BCUT2D eigenvalue weighted by Crippen LogP contribution is -2.55. The van der Waals surface area contributed by atoms with E-state index in [1.165, 1.54) is 0 Å². The molecule has 2 rings (SSSR count). The molecule has 2 aliphatic rings. The Hall–Kier alpha value is -1.36. The average Bonchev–Trinajstić information content (AvgIpc) is 2.72. The van der Waals surface area contributed by atoms with Gasteiger partial charge in [0.2, 0.25) is 0 Å². The van der Waals surface area contributed by atoms with Crippen LogP contribution in [0.4, 0.5) is 0 Å². The first kappa shape index (κ1) is 17.0. The van der Waals surface area contributed by atoms with E-state index in [0.717, 1.165) is 13.1 Å². The van der Waals surface area contributed by atoms with Gasteiger partial charge in [-0.05, 0) is 12.7 Å². The first-order chi connectivity index (χ1) is 10.3. The summed E-state index contributed by atoms with van der Waals surface area (Å²) in [7, 11) is -1.38. The van der Waals surface area contributed by atoms with Crippen LogP contribution in [0.25, 0.3) is 0 Å². The molecule has 0 aliphatic carbocycles. The zero-order chi connectivity index (χ0) is 16.3. The van der Waals surface area contributed by atoms with Gasteiger partial charge < -0.3 is 36.8 Å². The zero-order valence-electron chi connectivity index (χ0n) is 12.5. The van der Waals surface area contributed by atoms with Crippen LogP contribution < -0.4 is 16.8 Å². The minimum Gasteiger partial charge on any atom is -0.480 e. The maximum absolute atomic E-state index is 11.5. The van der Waals surface area contributed by atoms with Crippen molar-refractivity contribution in [2.75, 3.05) is 26.2 Å². The van der Waals surface area contributed by atoms with Gasteiger partial charge in [0.05, 0.1) is 6.04 Å². The van der Waals surface area contributed by atoms with E-state index in [1.54, 1.807) is 4.90 Å². The van der Waals surface area contributed by atoms with Crippen LogP contribution in [0.1, 0.15) is 12.8 Å². The van der Waals surface area contributed by atoms with E-state index in [4.69, 9.17) is 21.5 Å². The minimum atomic E-state index is -1.39. The van der Waals surface area contributed by atoms with Gasteiger partial charge in [-0.15, -0.1) is 0 Å². The van der Waals surface area contributed by atoms with Gasteiger partial charge in [-0.2, -0.15) is 0 Å². The van der Waals surface area contributed by atoms with Gasteiger partial charge in [-0.1, -0.05) is 6.42 Å². The molecular weight excluding hydrogens is 289 g/mol. The Morgan fingerprint density at radius 2 is 2.14 bits per heavy atom. The van der Waals surface area contributed by atoms with Crippen molar-refractivity contribution in [3.8, 4) is 0 Å². The number of nitrogens with zero attached hydrogens (tertiary/aromatic N) is 2. The molecule has 2 heterocycles. The number of nitrogens with two attached hydrogens (primary N) is 2. The molecule has 124 valence electrons. The minimum absolute atomic E-state index is 0.115. The first-order valence-corrected chi connectivity index (χ1v) is 7.50. The number of likely N-dealkylation sites (tertiary alicyclic amines) is 1. The fraction of sp³-hybridized carbons (Fsp3) is 0.833. The number of guanidine groups is 1. The fourth-order valence-corrected chi connectivity index (χ4v) is 2.88. The molecule has 9 nitrogen and oxygen atoms in total. The first-order valence-electron chi connectivity index (χ1n) is 7.50. The van der Waals surface area contributed by atoms with Crippen molar-refractivity contribution < 1.29 is 19.9 Å². The molecule has 0 radical (unpaired) electrons. The predicted octanol–water partition coefficient (Wildman–Crippen LogP) is -2.76. The third-order valence-corrected chi connectivity index (χ3v) is 4.43. The lowest BCUT2D eigenvalue weighted by Gasteiger charge is -2.26. The normalized spacial score (nSPS) is 29.5. The van der Waals surface area contributed by atoms with Crippen molar-refractivity contribution in [3.63, 3.8) is 0 Å². The Bertz CT molecular complexity index is 445. The Morgan fingerprint density at radius 1 is 1.45 bits per heavy atom. The highest BCUT2D eigenvalue weighted by Gasteiger charge is 2.49. The zero-order valence-corrected chi connectivity index (χ0v) is 12.5. The maximum atomic E-state index is 11.5. The van der Waals surface area contributed by atoms with Gasteiger partial charge in [0.15, 0.2) is 5.96 Å². The predicted molar refractivity (Wildman–Crippen MR) is 82.1 cm³/mol. The molecule has 2 aliphatic heterocycles. The number of carbonyl (C=O) groups is 1. The van der Waals surface area contributed by atoms with E-state index in [-0.39, 0.29) is 24.8 Å². The summed E-state index contributed by atoms with van der Waals surface area (Å²) in [5.41, 5.74) is 10.7. The molecule has 8 N–H and O–H groups in total. The quantitative estimate of drug-likeness (QED) is 0.175. The largest absolute Gasteiger partial charge is 0.480 e. The van der Waals surface area contributed by atoms with Crippen LogP contribution in [0, 0.1) is 5.92 Å². The molecule has 22 heavy (non-hydrogen) atoms. The summed E-state index contributed by atoms with van der Waals surface area (Å²) in [6.07, 6.45) is 1.19. The number of aliphatic carboxylic acids is 1. The average molecular weight is 313 g/mol. The summed E-state index contributed by atoms with van der Waals surface area (Å²) in [4.78, 5) is 17.6. The van der Waals surface area contributed by atoms with Gasteiger partial charge >= 0.3 is 13.1 Å². The highest BCUT2D eigenvalue weighted by atomic mass is 16.4. The van der Waals surface area contributed by atoms with E-state index < -0.39 is 18.6 Å². The van der Waals surface area contributed by atoms with Gasteiger partial charge in [-0.3, -0.25) is 4.79 Å². The van der Waals surface area contributed by atoms with Crippen molar-refractivity contribution in [2.24, 2.45) is 22.4 Å². The van der Waals surface area contributed by atoms with Crippen molar-refractivity contribution in [1.29, 1.82) is 0 Å². The standard InChI is InChI=1S/C12H24BN5O4/c14-11(17-9-4-16-5-9)18-6-8(2-1-3-13(21)22)12(15,7-18)10(19)20/h8-9,16,21-22H,1-7,15H2,(H2,14,17)(H,19,20). The molecule has 10 heteroatoms. The van der Waals surface area contributed by atoms with Gasteiger partial charge in [0.25, 0.3) is 0 Å². The topological polar surface area (TPSA) is 157 Å². The van der Waals surface area contributed by atoms with Crippen LogP contribution in [0.2, 0.25) is 6.32 Å². The molecule has 0 bridgehead atoms. The summed E-state index contributed by atoms with van der Waals surface area (Å²) < 4.78 is 0. The summed E-state index contributed by atoms with van der Waals surface area (Å²) in [6.45, 7) is 2.09. The van der Waals surface area contributed by atoms with Crippen molar-refractivity contribution >= 4 is 19.0 Å². The molecule has 2 saturated heterocycles. The van der Waals surface area contributed by atoms with Gasteiger partial charge in [0.1, 0.15) is 5.54 Å². The number of aliphatic imine (C=N–C) groups is 1. The molecule has 0 aromatic rings. The Morgan fingerprint density at radius 3 is 2.64 bits per heavy atom. The highest BCUT2D eigenvalue weighted by molar-refractivity contribution is 6.40. The monoisotopic (exact) mass is 313 g/mol. The van der Waals surface area contributed by atoms with E-state index in [1.807, 2.05) is 0 Å². The third kappa shape index (κ3) is 3.69. The number of carboxylic acid groups (broad SMARTS) is 1. The molecular formula is C12H24BN5O4. The molecule has 2 unspecified atom stereocenters. The van der Waals surface area contributed by atoms with E-state index in [0.29, 0.717) is 25.3 Å². The van der Waals surface area contributed by atoms with Crippen LogP contribution in [0.3, 0.4) is 0 Å². The summed E-state index contributed by atoms with van der Waals surface area (Å²) in [6, 6.07) is 0.139. The number of hydrogen-bond acceptors (Lipinski definition) is 6. The van der Waals surface area contributed by atoms with Gasteiger partial charge in [-0.25, -0.2) is 4.99 Å².